The summed E-state index contributed by atoms with van der Waals surface area (Å²) in [5, 5.41) is 3.56. The van der Waals surface area contributed by atoms with E-state index in [-0.39, 0.29) is 0 Å². The van der Waals surface area contributed by atoms with Crippen LogP contribution in [0.2, 0.25) is 0 Å². The fourth-order valence-electron chi connectivity index (χ4n) is 3.05. The van der Waals surface area contributed by atoms with Crippen molar-refractivity contribution in [1.82, 2.24) is 10.2 Å². The fourth-order valence-corrected chi connectivity index (χ4v) is 3.05. The van der Waals surface area contributed by atoms with Crippen molar-refractivity contribution >= 4 is 0 Å². The molecule has 2 rings (SSSR count). The van der Waals surface area contributed by atoms with Crippen LogP contribution in [0.15, 0.2) is 24.3 Å². The molecule has 25 heavy (non-hydrogen) atoms. The lowest BCUT2D eigenvalue weighted by Gasteiger charge is -2.31. The minimum absolute atomic E-state index is 0.568. The normalized spacial score (nSPS) is 15.8. The van der Waals surface area contributed by atoms with Crippen molar-refractivity contribution in [1.29, 1.82) is 0 Å². The van der Waals surface area contributed by atoms with Gasteiger partial charge in [-0.15, -0.1) is 0 Å². The average Bonchev–Trinajstić information content (AvgIpc) is 2.66. The van der Waals surface area contributed by atoms with Crippen LogP contribution < -0.4 is 10.1 Å². The van der Waals surface area contributed by atoms with Gasteiger partial charge in [0.2, 0.25) is 0 Å². The summed E-state index contributed by atoms with van der Waals surface area (Å²) in [5.41, 5.74) is 1.33. The molecule has 144 valence electrons. The molecule has 3 nitrogen and oxygen atoms in total. The number of hydrogen-bond donors (Lipinski definition) is 1. The number of hydrogen-bond acceptors (Lipinski definition) is 3. The highest BCUT2D eigenvalue weighted by Gasteiger charge is 2.16. The van der Waals surface area contributed by atoms with Crippen molar-refractivity contribution in [3.8, 4) is 5.75 Å². The van der Waals surface area contributed by atoms with E-state index in [1.165, 1.54) is 44.5 Å². The minimum Gasteiger partial charge on any atom is -0.493 e. The minimum atomic E-state index is 0.568. The third kappa shape index (κ3) is 9.27. The standard InChI is InChI=1S/C20H34N2O.C2H6/c1-4-18-9-12-22(13-10-18)14-11-21-15-19-5-7-20(8-6-19)23-16-17(2)3;1-2/h5-8,17-18,21H,4,9-16H2,1-3H3;1-2H3. The molecule has 1 aliphatic rings. The van der Waals surface area contributed by atoms with Gasteiger partial charge in [-0.2, -0.15) is 0 Å². The van der Waals surface area contributed by atoms with E-state index in [0.717, 1.165) is 31.4 Å². The van der Waals surface area contributed by atoms with Crippen LogP contribution in [0.25, 0.3) is 0 Å². The maximum Gasteiger partial charge on any atom is 0.119 e. The highest BCUT2D eigenvalue weighted by Crippen LogP contribution is 2.19. The maximum absolute atomic E-state index is 5.72. The molecule has 1 fully saturated rings. The third-order valence-corrected chi connectivity index (χ3v) is 4.73. The Kier molecular flexibility index (Phi) is 11.6. The molecule has 1 aromatic carbocycles. The Bertz CT molecular complexity index is 422. The quantitative estimate of drug-likeness (QED) is 0.638. The first-order valence-electron chi connectivity index (χ1n) is 10.3. The van der Waals surface area contributed by atoms with Crippen LogP contribution in [0.5, 0.6) is 5.75 Å². The number of rotatable bonds is 9. The largest absolute Gasteiger partial charge is 0.493 e. The third-order valence-electron chi connectivity index (χ3n) is 4.73. The Morgan fingerprint density at radius 2 is 1.76 bits per heavy atom. The van der Waals surface area contributed by atoms with E-state index in [1.54, 1.807) is 0 Å². The molecule has 1 saturated heterocycles. The lowest BCUT2D eigenvalue weighted by Crippen LogP contribution is -2.38. The summed E-state index contributed by atoms with van der Waals surface area (Å²) in [6.45, 7) is 17.2. The first kappa shape index (κ1) is 22.0. The van der Waals surface area contributed by atoms with E-state index in [1.807, 2.05) is 13.8 Å². The zero-order valence-corrected chi connectivity index (χ0v) is 17.2. The van der Waals surface area contributed by atoms with Crippen molar-refractivity contribution < 1.29 is 4.74 Å². The molecule has 1 heterocycles. The molecule has 1 aliphatic heterocycles. The molecule has 0 unspecified atom stereocenters. The van der Waals surface area contributed by atoms with Crippen LogP contribution in [0.1, 0.15) is 59.4 Å². The predicted octanol–water partition coefficient (Wildman–Crippen LogP) is 4.96. The molecule has 0 aromatic heterocycles. The number of nitrogens with zero attached hydrogens (tertiary/aromatic N) is 1. The molecule has 0 spiro atoms. The van der Waals surface area contributed by atoms with Crippen LogP contribution in [0.4, 0.5) is 0 Å². The van der Waals surface area contributed by atoms with Gasteiger partial charge in [0.25, 0.3) is 0 Å². The average molecular weight is 349 g/mol. The molecule has 1 aromatic rings. The van der Waals surface area contributed by atoms with Crippen LogP contribution in [-0.4, -0.2) is 37.7 Å². The molecule has 0 bridgehead atoms. The van der Waals surface area contributed by atoms with Gasteiger partial charge in [-0.1, -0.05) is 53.2 Å². The van der Waals surface area contributed by atoms with Gasteiger partial charge in [0, 0.05) is 19.6 Å². The van der Waals surface area contributed by atoms with Crippen molar-refractivity contribution in [2.24, 2.45) is 11.8 Å². The van der Waals surface area contributed by atoms with Crippen LogP contribution >= 0.6 is 0 Å². The second kappa shape index (κ2) is 13.2. The summed E-state index contributed by atoms with van der Waals surface area (Å²) in [7, 11) is 0. The molecular weight excluding hydrogens is 308 g/mol. The topological polar surface area (TPSA) is 24.5 Å². The molecule has 3 heteroatoms. The smallest absolute Gasteiger partial charge is 0.119 e. The molecular formula is C22H40N2O. The fraction of sp³-hybridized carbons (Fsp3) is 0.727. The predicted molar refractivity (Wildman–Crippen MR) is 109 cm³/mol. The Balaban J connectivity index is 0.00000151. The monoisotopic (exact) mass is 348 g/mol. The van der Waals surface area contributed by atoms with Crippen molar-refractivity contribution in [2.45, 2.75) is 60.4 Å². The summed E-state index contributed by atoms with van der Waals surface area (Å²) < 4.78 is 5.72. The molecule has 0 saturated carbocycles. The van der Waals surface area contributed by atoms with Gasteiger partial charge in [-0.05, 0) is 55.5 Å². The van der Waals surface area contributed by atoms with E-state index in [4.69, 9.17) is 4.74 Å². The van der Waals surface area contributed by atoms with Crippen LogP contribution in [-0.2, 0) is 6.54 Å². The van der Waals surface area contributed by atoms with Gasteiger partial charge in [-0.25, -0.2) is 0 Å². The lowest BCUT2D eigenvalue weighted by atomic mass is 9.94. The van der Waals surface area contributed by atoms with Crippen molar-refractivity contribution in [3.63, 3.8) is 0 Å². The Morgan fingerprint density at radius 3 is 2.32 bits per heavy atom. The molecule has 1 N–H and O–H groups in total. The van der Waals surface area contributed by atoms with Gasteiger partial charge < -0.3 is 15.0 Å². The molecule has 0 atom stereocenters. The van der Waals surface area contributed by atoms with Gasteiger partial charge >= 0.3 is 0 Å². The summed E-state index contributed by atoms with van der Waals surface area (Å²) >= 11 is 0. The lowest BCUT2D eigenvalue weighted by molar-refractivity contribution is 0.182. The van der Waals surface area contributed by atoms with Gasteiger partial charge in [0.15, 0.2) is 0 Å². The van der Waals surface area contributed by atoms with Gasteiger partial charge in [-0.3, -0.25) is 0 Å². The van der Waals surface area contributed by atoms with E-state index in [9.17, 15) is 0 Å². The van der Waals surface area contributed by atoms with Gasteiger partial charge in [0.1, 0.15) is 5.75 Å². The number of likely N-dealkylation sites (tertiary alicyclic amines) is 1. The highest BCUT2D eigenvalue weighted by molar-refractivity contribution is 5.27. The zero-order chi connectivity index (χ0) is 18.5. The van der Waals surface area contributed by atoms with E-state index in [2.05, 4.69) is 55.3 Å². The molecule has 0 radical (unpaired) electrons. The van der Waals surface area contributed by atoms with Crippen LogP contribution in [0.3, 0.4) is 0 Å². The zero-order valence-electron chi connectivity index (χ0n) is 17.2. The van der Waals surface area contributed by atoms with Crippen molar-refractivity contribution in [2.75, 3.05) is 32.8 Å². The second-order valence-electron chi connectivity index (χ2n) is 7.22. The number of nitrogens with one attached hydrogen (secondary N) is 1. The summed E-state index contributed by atoms with van der Waals surface area (Å²) in [5.74, 6) is 2.51. The maximum atomic E-state index is 5.72. The summed E-state index contributed by atoms with van der Waals surface area (Å²) in [6, 6.07) is 8.48. The van der Waals surface area contributed by atoms with E-state index in [0.29, 0.717) is 5.92 Å². The Morgan fingerprint density at radius 1 is 1.12 bits per heavy atom. The molecule has 0 amide bonds. The second-order valence-corrected chi connectivity index (χ2v) is 7.22. The summed E-state index contributed by atoms with van der Waals surface area (Å²) in [4.78, 5) is 2.60. The number of benzene rings is 1. The Hall–Kier alpha value is -1.06. The first-order chi connectivity index (χ1) is 12.2. The SMILES string of the molecule is CC.CCC1CCN(CCNCc2ccc(OCC(C)C)cc2)CC1. The van der Waals surface area contributed by atoms with E-state index >= 15 is 0 Å². The molecule has 0 aliphatic carbocycles. The van der Waals surface area contributed by atoms with Crippen LogP contribution in [0, 0.1) is 11.8 Å². The summed E-state index contributed by atoms with van der Waals surface area (Å²) in [6.07, 6.45) is 4.12. The number of ether oxygens (including phenoxy) is 1. The van der Waals surface area contributed by atoms with Crippen molar-refractivity contribution in [3.05, 3.63) is 29.8 Å². The first-order valence-corrected chi connectivity index (χ1v) is 10.3. The van der Waals surface area contributed by atoms with Gasteiger partial charge in [0.05, 0.1) is 6.61 Å². The highest BCUT2D eigenvalue weighted by atomic mass is 16.5. The number of piperidine rings is 1. The van der Waals surface area contributed by atoms with E-state index < -0.39 is 0 Å². The Labute approximate surface area is 156 Å².